The van der Waals surface area contributed by atoms with Gasteiger partial charge in [-0.1, -0.05) is 30.9 Å². The van der Waals surface area contributed by atoms with Crippen molar-refractivity contribution in [2.45, 2.75) is 50.9 Å². The maximum Gasteiger partial charge on any atom is 0.144 e. The SMILES string of the molecule is CC(C1CCCCC1)n1c(CCl)nc2cc(Cl)c(F)cc21. The van der Waals surface area contributed by atoms with E-state index in [9.17, 15) is 4.39 Å². The molecular formula is C16H19Cl2FN2. The Bertz CT molecular complexity index is 647. The highest BCUT2D eigenvalue weighted by Crippen LogP contribution is 2.36. The molecule has 114 valence electrons. The molecule has 1 aromatic carbocycles. The van der Waals surface area contributed by atoms with E-state index in [-0.39, 0.29) is 11.1 Å². The summed E-state index contributed by atoms with van der Waals surface area (Å²) in [6, 6.07) is 3.36. The fourth-order valence-corrected chi connectivity index (χ4v) is 3.86. The zero-order chi connectivity index (χ0) is 15.0. The summed E-state index contributed by atoms with van der Waals surface area (Å²) in [5.41, 5.74) is 1.52. The number of halogens is 3. The van der Waals surface area contributed by atoms with Gasteiger partial charge in [0, 0.05) is 12.1 Å². The van der Waals surface area contributed by atoms with Gasteiger partial charge in [0.1, 0.15) is 11.6 Å². The molecule has 2 aromatic rings. The summed E-state index contributed by atoms with van der Waals surface area (Å²) in [5.74, 6) is 1.33. The minimum atomic E-state index is -0.401. The van der Waals surface area contributed by atoms with Crippen molar-refractivity contribution >= 4 is 34.2 Å². The Labute approximate surface area is 134 Å². The van der Waals surface area contributed by atoms with Gasteiger partial charge in [-0.15, -0.1) is 11.6 Å². The summed E-state index contributed by atoms with van der Waals surface area (Å²) in [4.78, 5) is 4.53. The highest BCUT2D eigenvalue weighted by atomic mass is 35.5. The Hall–Kier alpha value is -0.800. The Kier molecular flexibility index (Phi) is 4.41. The van der Waals surface area contributed by atoms with Crippen molar-refractivity contribution in [3.8, 4) is 0 Å². The van der Waals surface area contributed by atoms with Crippen LogP contribution in [0, 0.1) is 11.7 Å². The smallest absolute Gasteiger partial charge is 0.144 e. The van der Waals surface area contributed by atoms with Crippen molar-refractivity contribution in [1.82, 2.24) is 9.55 Å². The lowest BCUT2D eigenvalue weighted by atomic mass is 9.84. The van der Waals surface area contributed by atoms with Gasteiger partial charge >= 0.3 is 0 Å². The molecule has 0 bridgehead atoms. The van der Waals surface area contributed by atoms with E-state index in [0.717, 1.165) is 16.9 Å². The first-order valence-electron chi connectivity index (χ1n) is 7.53. The third-order valence-electron chi connectivity index (χ3n) is 4.66. The Morgan fingerprint density at radius 2 is 2.05 bits per heavy atom. The first-order chi connectivity index (χ1) is 10.1. The monoisotopic (exact) mass is 328 g/mol. The number of nitrogens with zero attached hydrogens (tertiary/aromatic N) is 2. The van der Waals surface area contributed by atoms with Gasteiger partial charge in [0.25, 0.3) is 0 Å². The molecule has 3 rings (SSSR count). The Morgan fingerprint density at radius 1 is 1.33 bits per heavy atom. The largest absolute Gasteiger partial charge is 0.324 e. The van der Waals surface area contributed by atoms with E-state index < -0.39 is 5.82 Å². The highest BCUT2D eigenvalue weighted by molar-refractivity contribution is 6.31. The number of benzene rings is 1. The van der Waals surface area contributed by atoms with Crippen LogP contribution in [0.25, 0.3) is 11.0 Å². The average Bonchev–Trinajstić information content (AvgIpc) is 2.85. The number of aromatic nitrogens is 2. The molecule has 5 heteroatoms. The minimum absolute atomic E-state index is 0.110. The number of alkyl halides is 1. The van der Waals surface area contributed by atoms with Gasteiger partial charge in [-0.2, -0.15) is 0 Å². The van der Waals surface area contributed by atoms with Gasteiger partial charge in [-0.3, -0.25) is 0 Å². The zero-order valence-corrected chi connectivity index (χ0v) is 13.6. The van der Waals surface area contributed by atoms with Crippen LogP contribution in [-0.4, -0.2) is 9.55 Å². The predicted molar refractivity (Wildman–Crippen MR) is 85.5 cm³/mol. The maximum absolute atomic E-state index is 13.8. The summed E-state index contributed by atoms with van der Waals surface area (Å²) in [7, 11) is 0. The van der Waals surface area contributed by atoms with Crippen LogP contribution in [-0.2, 0) is 5.88 Å². The van der Waals surface area contributed by atoms with E-state index in [4.69, 9.17) is 23.2 Å². The van der Waals surface area contributed by atoms with Crippen molar-refractivity contribution in [2.24, 2.45) is 5.92 Å². The predicted octanol–water partition coefficient (Wildman–Crippen LogP) is 5.71. The minimum Gasteiger partial charge on any atom is -0.324 e. The molecule has 2 nitrogen and oxygen atoms in total. The topological polar surface area (TPSA) is 17.8 Å². The third-order valence-corrected chi connectivity index (χ3v) is 5.19. The fourth-order valence-electron chi connectivity index (χ4n) is 3.52. The second-order valence-corrected chi connectivity index (χ2v) is 6.60. The van der Waals surface area contributed by atoms with Crippen LogP contribution in [0.5, 0.6) is 0 Å². The molecule has 1 aliphatic carbocycles. The average molecular weight is 329 g/mol. The molecule has 0 radical (unpaired) electrons. The van der Waals surface area contributed by atoms with Crippen molar-refractivity contribution < 1.29 is 4.39 Å². The molecule has 1 saturated carbocycles. The number of hydrogen-bond acceptors (Lipinski definition) is 1. The van der Waals surface area contributed by atoms with E-state index in [0.29, 0.717) is 11.8 Å². The van der Waals surface area contributed by atoms with Crippen molar-refractivity contribution in [3.05, 3.63) is 28.8 Å². The second-order valence-electron chi connectivity index (χ2n) is 5.93. The quantitative estimate of drug-likeness (QED) is 0.660. The van der Waals surface area contributed by atoms with Crippen LogP contribution in [0.4, 0.5) is 4.39 Å². The maximum atomic E-state index is 13.8. The Balaban J connectivity index is 2.08. The fraction of sp³-hybridized carbons (Fsp3) is 0.562. The van der Waals surface area contributed by atoms with Crippen LogP contribution < -0.4 is 0 Å². The summed E-state index contributed by atoms with van der Waals surface area (Å²) in [6.07, 6.45) is 6.31. The molecule has 0 amide bonds. The molecular weight excluding hydrogens is 310 g/mol. The highest BCUT2D eigenvalue weighted by Gasteiger charge is 2.25. The van der Waals surface area contributed by atoms with E-state index >= 15 is 0 Å². The summed E-state index contributed by atoms with van der Waals surface area (Å²) >= 11 is 11.9. The van der Waals surface area contributed by atoms with Gasteiger partial charge < -0.3 is 4.57 Å². The molecule has 21 heavy (non-hydrogen) atoms. The van der Waals surface area contributed by atoms with Gasteiger partial charge in [-0.05, 0) is 31.7 Å². The summed E-state index contributed by atoms with van der Waals surface area (Å²) < 4.78 is 16.0. The molecule has 1 heterocycles. The summed E-state index contributed by atoms with van der Waals surface area (Å²) in [6.45, 7) is 2.19. The summed E-state index contributed by atoms with van der Waals surface area (Å²) in [5, 5.41) is 0.110. The molecule has 0 spiro atoms. The molecule has 0 aliphatic heterocycles. The van der Waals surface area contributed by atoms with Crippen molar-refractivity contribution in [1.29, 1.82) is 0 Å². The number of fused-ring (bicyclic) bond motifs is 1. The lowest BCUT2D eigenvalue weighted by molar-refractivity contribution is 0.265. The second kappa shape index (κ2) is 6.13. The molecule has 1 atom stereocenters. The number of rotatable bonds is 3. The van der Waals surface area contributed by atoms with Crippen LogP contribution in [0.2, 0.25) is 5.02 Å². The third kappa shape index (κ3) is 2.78. The molecule has 0 saturated heterocycles. The first-order valence-corrected chi connectivity index (χ1v) is 8.45. The van der Waals surface area contributed by atoms with E-state index in [1.165, 1.54) is 38.2 Å². The normalized spacial score (nSPS) is 18.3. The molecule has 1 unspecified atom stereocenters. The van der Waals surface area contributed by atoms with Gasteiger partial charge in [0.2, 0.25) is 0 Å². The molecule has 0 N–H and O–H groups in total. The standard InChI is InChI=1S/C16H19Cl2FN2/c1-10(11-5-3-2-4-6-11)21-15-8-13(19)12(18)7-14(15)20-16(21)9-17/h7-8,10-11H,2-6,9H2,1H3. The van der Waals surface area contributed by atoms with E-state index in [2.05, 4.69) is 16.5 Å². The molecule has 1 aromatic heterocycles. The van der Waals surface area contributed by atoms with Gasteiger partial charge in [-0.25, -0.2) is 9.37 Å². The molecule has 1 aliphatic rings. The molecule has 1 fully saturated rings. The van der Waals surface area contributed by atoms with E-state index in [1.54, 1.807) is 6.07 Å². The zero-order valence-electron chi connectivity index (χ0n) is 12.1. The van der Waals surface area contributed by atoms with Crippen LogP contribution in [0.3, 0.4) is 0 Å². The van der Waals surface area contributed by atoms with Gasteiger partial charge in [0.15, 0.2) is 0 Å². The van der Waals surface area contributed by atoms with Crippen LogP contribution in [0.15, 0.2) is 12.1 Å². The number of hydrogen-bond donors (Lipinski definition) is 0. The lowest BCUT2D eigenvalue weighted by Crippen LogP contribution is -2.20. The first kappa shape index (κ1) is 15.1. The Morgan fingerprint density at radius 3 is 2.71 bits per heavy atom. The van der Waals surface area contributed by atoms with E-state index in [1.807, 2.05) is 0 Å². The van der Waals surface area contributed by atoms with Crippen molar-refractivity contribution in [2.75, 3.05) is 0 Å². The number of imidazole rings is 1. The van der Waals surface area contributed by atoms with Crippen LogP contribution in [0.1, 0.15) is 50.9 Å². The lowest BCUT2D eigenvalue weighted by Gasteiger charge is -2.30. The van der Waals surface area contributed by atoms with Crippen molar-refractivity contribution in [3.63, 3.8) is 0 Å². The van der Waals surface area contributed by atoms with Crippen LogP contribution >= 0.6 is 23.2 Å². The van der Waals surface area contributed by atoms with Gasteiger partial charge in [0.05, 0.1) is 21.9 Å².